The summed E-state index contributed by atoms with van der Waals surface area (Å²) >= 11 is 0. The highest BCUT2D eigenvalue weighted by Gasteiger charge is 2.48. The molecule has 1 heterocycles. The van der Waals surface area contributed by atoms with Crippen LogP contribution < -0.4 is 10.1 Å². The van der Waals surface area contributed by atoms with Crippen LogP contribution >= 0.6 is 0 Å². The Morgan fingerprint density at radius 1 is 1.08 bits per heavy atom. The fourth-order valence-corrected chi connectivity index (χ4v) is 2.69. The van der Waals surface area contributed by atoms with E-state index in [2.05, 4.69) is 5.32 Å². The molecule has 1 aliphatic heterocycles. The highest BCUT2D eigenvalue weighted by Crippen LogP contribution is 2.28. The maximum absolute atomic E-state index is 13.1. The van der Waals surface area contributed by atoms with Crippen LogP contribution in [-0.2, 0) is 10.3 Å². The number of amides is 3. The minimum Gasteiger partial charge on any atom is -0.492 e. The molecule has 3 rings (SSSR count). The van der Waals surface area contributed by atoms with Gasteiger partial charge in [0.05, 0.1) is 6.54 Å². The third-order valence-electron chi connectivity index (χ3n) is 4.08. The monoisotopic (exact) mass is 346 g/mol. The van der Waals surface area contributed by atoms with Crippen LogP contribution in [0.1, 0.15) is 12.5 Å². The van der Waals surface area contributed by atoms with E-state index in [0.717, 1.165) is 4.90 Å². The number of rotatable bonds is 5. The van der Waals surface area contributed by atoms with Crippen molar-refractivity contribution in [1.82, 2.24) is 10.2 Å². The van der Waals surface area contributed by atoms with E-state index in [4.69, 9.17) is 4.74 Å². The van der Waals surface area contributed by atoms with Gasteiger partial charge in [-0.1, -0.05) is 18.2 Å². The van der Waals surface area contributed by atoms with Crippen LogP contribution in [0, 0.1) is 11.6 Å². The second-order valence-corrected chi connectivity index (χ2v) is 5.82. The standard InChI is InChI=1S/C18H16F2N2O3/c1-18(12-5-7-13(19)8-6-12)16(23)22(17(24)21-18)9-10-25-15-4-2-3-14(20)11-15/h2-8,11H,9-10H2,1H3,(H,21,24). The molecular formula is C18H16F2N2O3. The Morgan fingerprint density at radius 2 is 1.80 bits per heavy atom. The topological polar surface area (TPSA) is 58.6 Å². The van der Waals surface area contributed by atoms with E-state index in [-0.39, 0.29) is 13.2 Å². The summed E-state index contributed by atoms with van der Waals surface area (Å²) in [6.07, 6.45) is 0. The lowest BCUT2D eigenvalue weighted by Gasteiger charge is -2.22. The summed E-state index contributed by atoms with van der Waals surface area (Å²) < 4.78 is 31.6. The molecule has 5 nitrogen and oxygen atoms in total. The predicted octanol–water partition coefficient (Wildman–Crippen LogP) is 2.81. The molecule has 0 saturated carbocycles. The largest absolute Gasteiger partial charge is 0.492 e. The van der Waals surface area contributed by atoms with Crippen molar-refractivity contribution in [2.75, 3.05) is 13.2 Å². The number of ether oxygens (including phenoxy) is 1. The van der Waals surface area contributed by atoms with Crippen molar-refractivity contribution >= 4 is 11.9 Å². The number of hydrogen-bond acceptors (Lipinski definition) is 3. The molecule has 1 unspecified atom stereocenters. The molecule has 1 saturated heterocycles. The highest BCUT2D eigenvalue weighted by atomic mass is 19.1. The van der Waals surface area contributed by atoms with E-state index in [1.54, 1.807) is 13.0 Å². The minimum absolute atomic E-state index is 0.0119. The summed E-state index contributed by atoms with van der Waals surface area (Å²) in [7, 11) is 0. The molecule has 0 spiro atoms. The fourth-order valence-electron chi connectivity index (χ4n) is 2.69. The zero-order valence-corrected chi connectivity index (χ0v) is 13.5. The molecule has 3 amide bonds. The first-order valence-electron chi connectivity index (χ1n) is 7.69. The Labute approximate surface area is 143 Å². The van der Waals surface area contributed by atoms with Gasteiger partial charge in [0.15, 0.2) is 0 Å². The van der Waals surface area contributed by atoms with Gasteiger partial charge in [-0.2, -0.15) is 0 Å². The molecule has 1 aliphatic rings. The molecule has 1 fully saturated rings. The van der Waals surface area contributed by atoms with Gasteiger partial charge in [-0.3, -0.25) is 9.69 Å². The van der Waals surface area contributed by atoms with Crippen LogP contribution in [0.3, 0.4) is 0 Å². The van der Waals surface area contributed by atoms with Crippen molar-refractivity contribution in [2.24, 2.45) is 0 Å². The van der Waals surface area contributed by atoms with Crippen molar-refractivity contribution in [2.45, 2.75) is 12.5 Å². The van der Waals surface area contributed by atoms with Gasteiger partial charge in [-0.25, -0.2) is 13.6 Å². The number of urea groups is 1. The molecule has 25 heavy (non-hydrogen) atoms. The van der Waals surface area contributed by atoms with E-state index >= 15 is 0 Å². The number of carbonyl (C=O) groups is 2. The second-order valence-electron chi connectivity index (χ2n) is 5.82. The van der Waals surface area contributed by atoms with Gasteiger partial charge < -0.3 is 10.1 Å². The summed E-state index contributed by atoms with van der Waals surface area (Å²) in [4.78, 5) is 25.8. The Balaban J connectivity index is 1.68. The quantitative estimate of drug-likeness (QED) is 0.847. The van der Waals surface area contributed by atoms with E-state index in [9.17, 15) is 18.4 Å². The molecule has 130 valence electrons. The van der Waals surface area contributed by atoms with Crippen molar-refractivity contribution in [3.63, 3.8) is 0 Å². The Morgan fingerprint density at radius 3 is 2.48 bits per heavy atom. The fraction of sp³-hybridized carbons (Fsp3) is 0.222. The predicted molar refractivity (Wildman–Crippen MR) is 85.9 cm³/mol. The van der Waals surface area contributed by atoms with Gasteiger partial charge in [0.2, 0.25) is 0 Å². The third kappa shape index (κ3) is 3.31. The first-order valence-corrected chi connectivity index (χ1v) is 7.69. The van der Waals surface area contributed by atoms with E-state index < -0.39 is 29.1 Å². The first kappa shape index (κ1) is 16.9. The van der Waals surface area contributed by atoms with Gasteiger partial charge in [0.1, 0.15) is 29.5 Å². The minimum atomic E-state index is -1.26. The summed E-state index contributed by atoms with van der Waals surface area (Å²) in [6, 6.07) is 10.4. The summed E-state index contributed by atoms with van der Waals surface area (Å²) in [6.45, 7) is 1.61. The molecular weight excluding hydrogens is 330 g/mol. The lowest BCUT2D eigenvalue weighted by Crippen LogP contribution is -2.41. The number of halogens is 2. The number of carbonyl (C=O) groups excluding carboxylic acids is 2. The maximum Gasteiger partial charge on any atom is 0.325 e. The number of benzene rings is 2. The third-order valence-corrected chi connectivity index (χ3v) is 4.08. The average molecular weight is 346 g/mol. The molecule has 0 aromatic heterocycles. The zero-order chi connectivity index (χ0) is 18.0. The van der Waals surface area contributed by atoms with Crippen LogP contribution in [0.4, 0.5) is 13.6 Å². The van der Waals surface area contributed by atoms with Crippen molar-refractivity contribution < 1.29 is 23.1 Å². The molecule has 1 N–H and O–H groups in total. The molecule has 2 aromatic rings. The lowest BCUT2D eigenvalue weighted by molar-refractivity contribution is -0.131. The Kier molecular flexibility index (Phi) is 4.39. The normalized spacial score (nSPS) is 19.9. The van der Waals surface area contributed by atoms with Crippen LogP contribution in [0.5, 0.6) is 5.75 Å². The molecule has 2 aromatic carbocycles. The molecule has 0 bridgehead atoms. The number of imide groups is 1. The SMILES string of the molecule is CC1(c2ccc(F)cc2)NC(=O)N(CCOc2cccc(F)c2)C1=O. The van der Waals surface area contributed by atoms with E-state index in [0.29, 0.717) is 11.3 Å². The van der Waals surface area contributed by atoms with Gasteiger partial charge in [0, 0.05) is 6.07 Å². The average Bonchev–Trinajstić information content (AvgIpc) is 2.79. The van der Waals surface area contributed by atoms with Gasteiger partial charge in [0.25, 0.3) is 5.91 Å². The Hall–Kier alpha value is -2.96. The van der Waals surface area contributed by atoms with Gasteiger partial charge in [-0.15, -0.1) is 0 Å². The summed E-state index contributed by atoms with van der Waals surface area (Å²) in [5.41, 5.74) is -0.773. The van der Waals surface area contributed by atoms with Crippen molar-refractivity contribution in [3.05, 3.63) is 65.7 Å². The molecule has 7 heteroatoms. The number of hydrogen-bond donors (Lipinski definition) is 1. The van der Waals surface area contributed by atoms with Crippen LogP contribution in [0.25, 0.3) is 0 Å². The summed E-state index contributed by atoms with van der Waals surface area (Å²) in [5, 5.41) is 2.62. The first-order chi connectivity index (χ1) is 11.9. The van der Waals surface area contributed by atoms with Gasteiger partial charge in [-0.05, 0) is 36.8 Å². The molecule has 0 radical (unpaired) electrons. The van der Waals surface area contributed by atoms with Crippen molar-refractivity contribution in [3.8, 4) is 5.75 Å². The number of nitrogens with one attached hydrogen (secondary N) is 1. The Bertz CT molecular complexity index is 810. The van der Waals surface area contributed by atoms with Crippen LogP contribution in [0.2, 0.25) is 0 Å². The van der Waals surface area contributed by atoms with Crippen LogP contribution in [-0.4, -0.2) is 30.0 Å². The van der Waals surface area contributed by atoms with Gasteiger partial charge >= 0.3 is 6.03 Å². The molecule has 0 aliphatic carbocycles. The molecule has 1 atom stereocenters. The summed E-state index contributed by atoms with van der Waals surface area (Å²) in [5.74, 6) is -0.999. The lowest BCUT2D eigenvalue weighted by atomic mass is 9.92. The zero-order valence-electron chi connectivity index (χ0n) is 13.5. The van der Waals surface area contributed by atoms with Crippen molar-refractivity contribution in [1.29, 1.82) is 0 Å². The number of nitrogens with zero attached hydrogens (tertiary/aromatic N) is 1. The highest BCUT2D eigenvalue weighted by molar-refractivity contribution is 6.07. The van der Waals surface area contributed by atoms with Crippen LogP contribution in [0.15, 0.2) is 48.5 Å². The maximum atomic E-state index is 13.1. The van der Waals surface area contributed by atoms with E-state index in [1.165, 1.54) is 42.5 Å². The smallest absolute Gasteiger partial charge is 0.325 e. The second kappa shape index (κ2) is 6.51. The van der Waals surface area contributed by atoms with E-state index in [1.807, 2.05) is 0 Å².